The van der Waals surface area contributed by atoms with Gasteiger partial charge < -0.3 is 9.84 Å². The molecular formula is C22H25FO2. The van der Waals surface area contributed by atoms with Gasteiger partial charge in [0, 0.05) is 6.61 Å². The number of benzene rings is 2. The molecule has 0 saturated carbocycles. The van der Waals surface area contributed by atoms with Gasteiger partial charge in [0.2, 0.25) is 0 Å². The number of halogens is 1. The third-order valence-electron chi connectivity index (χ3n) is 4.16. The SMILES string of the molecule is C=CCc1cc(F)ccc1CCO.C=C[C@@H]1OCCc2ccccc21. The van der Waals surface area contributed by atoms with E-state index < -0.39 is 0 Å². The summed E-state index contributed by atoms with van der Waals surface area (Å²) < 4.78 is 18.3. The highest BCUT2D eigenvalue weighted by atomic mass is 19.1. The highest BCUT2D eigenvalue weighted by molar-refractivity contribution is 5.33. The lowest BCUT2D eigenvalue weighted by Crippen LogP contribution is -2.14. The average molecular weight is 340 g/mol. The molecule has 2 nitrogen and oxygen atoms in total. The van der Waals surface area contributed by atoms with E-state index >= 15 is 0 Å². The molecule has 0 radical (unpaired) electrons. The molecule has 132 valence electrons. The summed E-state index contributed by atoms with van der Waals surface area (Å²) >= 11 is 0. The third-order valence-corrected chi connectivity index (χ3v) is 4.16. The molecule has 25 heavy (non-hydrogen) atoms. The number of hydrogen-bond donors (Lipinski definition) is 1. The fourth-order valence-corrected chi connectivity index (χ4v) is 2.92. The Morgan fingerprint density at radius 2 is 1.96 bits per heavy atom. The van der Waals surface area contributed by atoms with Gasteiger partial charge in [0.05, 0.1) is 6.61 Å². The number of allylic oxidation sites excluding steroid dienone is 1. The second kappa shape index (κ2) is 9.92. The molecule has 1 aliphatic rings. The summed E-state index contributed by atoms with van der Waals surface area (Å²) in [4.78, 5) is 0. The van der Waals surface area contributed by atoms with Crippen LogP contribution in [-0.2, 0) is 24.0 Å². The van der Waals surface area contributed by atoms with Crippen molar-refractivity contribution in [3.8, 4) is 0 Å². The number of rotatable bonds is 5. The van der Waals surface area contributed by atoms with Gasteiger partial charge in [-0.15, -0.1) is 13.2 Å². The van der Waals surface area contributed by atoms with Gasteiger partial charge in [0.1, 0.15) is 11.9 Å². The summed E-state index contributed by atoms with van der Waals surface area (Å²) in [5.41, 5.74) is 4.57. The monoisotopic (exact) mass is 340 g/mol. The van der Waals surface area contributed by atoms with Gasteiger partial charge in [-0.3, -0.25) is 0 Å². The van der Waals surface area contributed by atoms with Crippen molar-refractivity contribution in [1.82, 2.24) is 0 Å². The summed E-state index contributed by atoms with van der Waals surface area (Å²) in [6.45, 7) is 8.27. The summed E-state index contributed by atoms with van der Waals surface area (Å²) in [6, 6.07) is 13.0. The first kappa shape index (κ1) is 19.1. The summed E-state index contributed by atoms with van der Waals surface area (Å²) in [5, 5.41) is 8.76. The van der Waals surface area contributed by atoms with E-state index in [4.69, 9.17) is 9.84 Å². The van der Waals surface area contributed by atoms with E-state index in [-0.39, 0.29) is 18.5 Å². The van der Waals surface area contributed by atoms with Gasteiger partial charge in [0.15, 0.2) is 0 Å². The zero-order valence-electron chi connectivity index (χ0n) is 14.5. The molecule has 1 atom stereocenters. The number of ether oxygens (including phenoxy) is 1. The fourth-order valence-electron chi connectivity index (χ4n) is 2.92. The van der Waals surface area contributed by atoms with Crippen molar-refractivity contribution in [3.63, 3.8) is 0 Å². The Bertz CT molecular complexity index is 709. The van der Waals surface area contributed by atoms with Crippen molar-refractivity contribution < 1.29 is 14.2 Å². The van der Waals surface area contributed by atoms with Crippen LogP contribution < -0.4 is 0 Å². The topological polar surface area (TPSA) is 29.5 Å². The van der Waals surface area contributed by atoms with E-state index in [2.05, 4.69) is 31.4 Å². The molecule has 3 heteroatoms. The molecule has 2 aromatic carbocycles. The smallest absolute Gasteiger partial charge is 0.123 e. The van der Waals surface area contributed by atoms with Crippen LogP contribution in [0.1, 0.15) is 28.4 Å². The quantitative estimate of drug-likeness (QED) is 0.808. The molecule has 0 bridgehead atoms. The predicted octanol–water partition coefficient (Wildman–Crippen LogP) is 4.58. The van der Waals surface area contributed by atoms with Crippen molar-refractivity contribution in [2.45, 2.75) is 25.4 Å². The minimum atomic E-state index is -0.237. The van der Waals surface area contributed by atoms with Crippen LogP contribution in [0.25, 0.3) is 0 Å². The minimum Gasteiger partial charge on any atom is -0.396 e. The predicted molar refractivity (Wildman–Crippen MR) is 100 cm³/mol. The Morgan fingerprint density at radius 1 is 1.16 bits per heavy atom. The number of aliphatic hydroxyl groups is 1. The van der Waals surface area contributed by atoms with Crippen LogP contribution in [0.5, 0.6) is 0 Å². The lowest BCUT2D eigenvalue weighted by atomic mass is 9.98. The fraction of sp³-hybridized carbons (Fsp3) is 0.273. The van der Waals surface area contributed by atoms with Gasteiger partial charge in [-0.2, -0.15) is 0 Å². The van der Waals surface area contributed by atoms with E-state index in [1.54, 1.807) is 12.1 Å². The van der Waals surface area contributed by atoms with Crippen LogP contribution in [0, 0.1) is 5.82 Å². The molecule has 2 aromatic rings. The summed E-state index contributed by atoms with van der Waals surface area (Å²) in [6.07, 6.45) is 5.94. The molecule has 0 unspecified atom stereocenters. The maximum Gasteiger partial charge on any atom is 0.123 e. The summed E-state index contributed by atoms with van der Waals surface area (Å²) in [5.74, 6) is -0.237. The molecule has 0 spiro atoms. The van der Waals surface area contributed by atoms with Gasteiger partial charge in [0.25, 0.3) is 0 Å². The molecule has 0 aliphatic carbocycles. The number of hydrogen-bond acceptors (Lipinski definition) is 2. The van der Waals surface area contributed by atoms with Crippen molar-refractivity contribution in [2.75, 3.05) is 13.2 Å². The first-order chi connectivity index (χ1) is 12.2. The Kier molecular flexibility index (Phi) is 7.58. The van der Waals surface area contributed by atoms with Gasteiger partial charge in [-0.25, -0.2) is 4.39 Å². The van der Waals surface area contributed by atoms with Crippen LogP contribution in [-0.4, -0.2) is 18.3 Å². The first-order valence-corrected chi connectivity index (χ1v) is 8.50. The minimum absolute atomic E-state index is 0.0930. The van der Waals surface area contributed by atoms with Crippen molar-refractivity contribution in [1.29, 1.82) is 0 Å². The lowest BCUT2D eigenvalue weighted by Gasteiger charge is -2.23. The summed E-state index contributed by atoms with van der Waals surface area (Å²) in [7, 11) is 0. The van der Waals surface area contributed by atoms with Gasteiger partial charge >= 0.3 is 0 Å². The molecule has 0 saturated heterocycles. The van der Waals surface area contributed by atoms with Crippen molar-refractivity contribution in [2.24, 2.45) is 0 Å². The van der Waals surface area contributed by atoms with E-state index in [0.29, 0.717) is 12.8 Å². The first-order valence-electron chi connectivity index (χ1n) is 8.50. The zero-order chi connectivity index (χ0) is 18.1. The zero-order valence-corrected chi connectivity index (χ0v) is 14.5. The maximum absolute atomic E-state index is 12.8. The van der Waals surface area contributed by atoms with E-state index in [1.165, 1.54) is 23.3 Å². The largest absolute Gasteiger partial charge is 0.396 e. The Labute approximate surface area is 149 Å². The highest BCUT2D eigenvalue weighted by Gasteiger charge is 2.16. The van der Waals surface area contributed by atoms with Crippen molar-refractivity contribution >= 4 is 0 Å². The van der Waals surface area contributed by atoms with E-state index in [0.717, 1.165) is 24.2 Å². The highest BCUT2D eigenvalue weighted by Crippen LogP contribution is 2.27. The lowest BCUT2D eigenvalue weighted by molar-refractivity contribution is 0.0752. The molecule has 3 rings (SSSR count). The van der Waals surface area contributed by atoms with Crippen LogP contribution in [0.4, 0.5) is 4.39 Å². The molecular weight excluding hydrogens is 315 g/mol. The van der Waals surface area contributed by atoms with Crippen LogP contribution in [0.3, 0.4) is 0 Å². The molecule has 1 aliphatic heterocycles. The number of aliphatic hydroxyl groups excluding tert-OH is 1. The van der Waals surface area contributed by atoms with Crippen LogP contribution in [0.2, 0.25) is 0 Å². The van der Waals surface area contributed by atoms with E-state index in [1.807, 2.05) is 12.1 Å². The Hall–Kier alpha value is -2.23. The molecule has 1 heterocycles. The van der Waals surface area contributed by atoms with Crippen LogP contribution in [0.15, 0.2) is 67.8 Å². The molecule has 0 aromatic heterocycles. The second-order valence-electron chi connectivity index (χ2n) is 5.86. The molecule has 0 amide bonds. The molecule has 0 fully saturated rings. The average Bonchev–Trinajstić information content (AvgIpc) is 2.64. The maximum atomic E-state index is 12.8. The third kappa shape index (κ3) is 5.38. The second-order valence-corrected chi connectivity index (χ2v) is 5.86. The Morgan fingerprint density at radius 3 is 2.68 bits per heavy atom. The Balaban J connectivity index is 0.000000181. The van der Waals surface area contributed by atoms with Crippen molar-refractivity contribution in [3.05, 3.63) is 95.8 Å². The standard InChI is InChI=1S/C11H13FO.C11H12O/c1-2-3-10-8-11(12)5-4-9(10)6-7-13;1-2-11-10-6-4-3-5-9(10)7-8-12-11/h2,4-5,8,13H,1,3,6-7H2;2-6,11H,1,7-8H2/t;11-/m.0/s1. The normalized spacial score (nSPS) is 15.5. The van der Waals surface area contributed by atoms with Crippen LogP contribution >= 0.6 is 0 Å². The van der Waals surface area contributed by atoms with Gasteiger partial charge in [-0.05, 0) is 53.6 Å². The molecule has 1 N–H and O–H groups in total. The van der Waals surface area contributed by atoms with Gasteiger partial charge in [-0.1, -0.05) is 42.5 Å². The van der Waals surface area contributed by atoms with E-state index in [9.17, 15) is 4.39 Å². The number of fused-ring (bicyclic) bond motifs is 1.